The summed E-state index contributed by atoms with van der Waals surface area (Å²) in [6, 6.07) is 6.79. The fourth-order valence-electron chi connectivity index (χ4n) is 2.42. The van der Waals surface area contributed by atoms with E-state index >= 15 is 0 Å². The van der Waals surface area contributed by atoms with E-state index in [0.717, 1.165) is 30.3 Å². The van der Waals surface area contributed by atoms with Crippen molar-refractivity contribution in [3.63, 3.8) is 0 Å². The van der Waals surface area contributed by atoms with Gasteiger partial charge in [0.15, 0.2) is 0 Å². The first-order valence-electron chi connectivity index (χ1n) is 7.34. The van der Waals surface area contributed by atoms with Gasteiger partial charge >= 0.3 is 15.2 Å². The maximum atomic E-state index is 11.3. The molecule has 0 heterocycles. The van der Waals surface area contributed by atoms with Crippen LogP contribution in [0.4, 0.5) is 0 Å². The fourth-order valence-corrected chi connectivity index (χ4v) is 3.63. The third kappa shape index (κ3) is 4.93. The first kappa shape index (κ1) is 20.6. The summed E-state index contributed by atoms with van der Waals surface area (Å²) in [4.78, 5) is 36.5. The standard InChI is InChI=1S/C15H18O9P2/c16-12(11-8-10(25(19,20)21)3-5-13(11)17)4-1-9-2-6-15(14(18)7-9)26(22,23)24/h2-3,5-8,12,16-18H,1,4H2,(H2,19,20,21)(H2,22,23,24). The van der Waals surface area contributed by atoms with Crippen molar-refractivity contribution < 1.29 is 44.0 Å². The molecule has 2 rings (SSSR count). The van der Waals surface area contributed by atoms with Crippen molar-refractivity contribution in [2.45, 2.75) is 18.9 Å². The molecule has 26 heavy (non-hydrogen) atoms. The van der Waals surface area contributed by atoms with Gasteiger partial charge in [0, 0.05) is 5.56 Å². The minimum absolute atomic E-state index is 0.0346. The van der Waals surface area contributed by atoms with E-state index in [2.05, 4.69) is 0 Å². The molecule has 0 aliphatic rings. The first-order valence-corrected chi connectivity index (χ1v) is 10.6. The van der Waals surface area contributed by atoms with Crippen LogP contribution in [0.2, 0.25) is 0 Å². The smallest absolute Gasteiger partial charge is 0.359 e. The Labute approximate surface area is 148 Å². The van der Waals surface area contributed by atoms with Gasteiger partial charge in [-0.15, -0.1) is 0 Å². The van der Waals surface area contributed by atoms with E-state index in [1.165, 1.54) is 6.07 Å². The Hall–Kier alpha value is -1.70. The van der Waals surface area contributed by atoms with E-state index in [0.29, 0.717) is 5.56 Å². The van der Waals surface area contributed by atoms with Crippen LogP contribution in [0.3, 0.4) is 0 Å². The minimum atomic E-state index is -4.60. The third-order valence-electron chi connectivity index (χ3n) is 3.77. The van der Waals surface area contributed by atoms with Gasteiger partial charge in [-0.25, -0.2) is 0 Å². The molecular weight excluding hydrogens is 386 g/mol. The molecule has 2 aromatic carbocycles. The average Bonchev–Trinajstić information content (AvgIpc) is 2.50. The van der Waals surface area contributed by atoms with Gasteiger partial charge in [-0.1, -0.05) is 6.07 Å². The van der Waals surface area contributed by atoms with E-state index in [4.69, 9.17) is 9.79 Å². The molecule has 0 aromatic heterocycles. The molecule has 0 saturated heterocycles. The molecule has 2 aromatic rings. The Morgan fingerprint density at radius 3 is 2.04 bits per heavy atom. The molecule has 0 bridgehead atoms. The van der Waals surface area contributed by atoms with Crippen molar-refractivity contribution in [3.05, 3.63) is 47.5 Å². The van der Waals surface area contributed by atoms with Crippen molar-refractivity contribution in [1.29, 1.82) is 0 Å². The van der Waals surface area contributed by atoms with Crippen LogP contribution in [-0.2, 0) is 15.6 Å². The minimum Gasteiger partial charge on any atom is -0.508 e. The predicted octanol–water partition coefficient (Wildman–Crippen LogP) is 0.370. The summed E-state index contributed by atoms with van der Waals surface area (Å²) in [7, 11) is -9.13. The monoisotopic (exact) mass is 404 g/mol. The summed E-state index contributed by atoms with van der Waals surface area (Å²) in [5.74, 6) is -0.897. The first-order chi connectivity index (χ1) is 11.9. The highest BCUT2D eigenvalue weighted by Crippen LogP contribution is 2.38. The van der Waals surface area contributed by atoms with E-state index in [1.807, 2.05) is 0 Å². The van der Waals surface area contributed by atoms with Gasteiger partial charge in [-0.05, 0) is 48.7 Å². The molecule has 9 nitrogen and oxygen atoms in total. The molecule has 0 amide bonds. The summed E-state index contributed by atoms with van der Waals surface area (Å²) in [6.45, 7) is 0. The maximum Gasteiger partial charge on any atom is 0.359 e. The van der Waals surface area contributed by atoms with Gasteiger partial charge in [-0.3, -0.25) is 9.13 Å². The van der Waals surface area contributed by atoms with Gasteiger partial charge in [0.25, 0.3) is 0 Å². The zero-order chi connectivity index (χ0) is 19.7. The molecule has 142 valence electrons. The Bertz CT molecular complexity index is 900. The van der Waals surface area contributed by atoms with E-state index in [9.17, 15) is 34.2 Å². The van der Waals surface area contributed by atoms with E-state index in [-0.39, 0.29) is 29.5 Å². The van der Waals surface area contributed by atoms with Crippen molar-refractivity contribution in [1.82, 2.24) is 0 Å². The highest BCUT2D eigenvalue weighted by Gasteiger charge is 2.23. The number of aryl methyl sites for hydroxylation is 1. The number of hydrogen-bond acceptors (Lipinski definition) is 5. The van der Waals surface area contributed by atoms with E-state index < -0.39 is 32.3 Å². The second-order valence-electron chi connectivity index (χ2n) is 5.71. The molecule has 0 radical (unpaired) electrons. The van der Waals surface area contributed by atoms with Crippen molar-refractivity contribution in [2.75, 3.05) is 0 Å². The summed E-state index contributed by atoms with van der Waals surface area (Å²) in [5, 5.41) is 28.9. The zero-order valence-electron chi connectivity index (χ0n) is 13.3. The summed E-state index contributed by atoms with van der Waals surface area (Å²) in [5.41, 5.74) is 0.422. The van der Waals surface area contributed by atoms with Crippen LogP contribution in [0.1, 0.15) is 23.7 Å². The summed E-state index contributed by atoms with van der Waals surface area (Å²) in [6.07, 6.45) is -1.03. The molecule has 0 fully saturated rings. The Balaban J connectivity index is 2.17. The Kier molecular flexibility index (Phi) is 5.95. The molecule has 7 N–H and O–H groups in total. The molecule has 0 saturated carbocycles. The van der Waals surface area contributed by atoms with Gasteiger partial charge in [0.05, 0.1) is 11.4 Å². The number of rotatable bonds is 6. The fraction of sp³-hybridized carbons (Fsp3) is 0.200. The maximum absolute atomic E-state index is 11.3. The Morgan fingerprint density at radius 1 is 0.846 bits per heavy atom. The number of benzene rings is 2. The average molecular weight is 404 g/mol. The lowest BCUT2D eigenvalue weighted by Crippen LogP contribution is -2.09. The normalized spacial score (nSPS) is 13.6. The highest BCUT2D eigenvalue weighted by atomic mass is 31.2. The zero-order valence-corrected chi connectivity index (χ0v) is 15.1. The summed E-state index contributed by atoms with van der Waals surface area (Å²) < 4.78 is 22.5. The van der Waals surface area contributed by atoms with Gasteiger partial charge < -0.3 is 34.9 Å². The lowest BCUT2D eigenvalue weighted by molar-refractivity contribution is 0.164. The van der Waals surface area contributed by atoms with Crippen LogP contribution in [-0.4, -0.2) is 34.9 Å². The number of aliphatic hydroxyl groups is 1. The second kappa shape index (κ2) is 7.50. The lowest BCUT2D eigenvalue weighted by Gasteiger charge is -2.15. The second-order valence-corrected chi connectivity index (χ2v) is 8.88. The third-order valence-corrected chi connectivity index (χ3v) is 5.72. The van der Waals surface area contributed by atoms with Crippen molar-refractivity contribution in [3.8, 4) is 11.5 Å². The molecule has 1 atom stereocenters. The van der Waals surface area contributed by atoms with Crippen LogP contribution >= 0.6 is 15.2 Å². The topological polar surface area (TPSA) is 176 Å². The van der Waals surface area contributed by atoms with Crippen LogP contribution < -0.4 is 10.6 Å². The van der Waals surface area contributed by atoms with Crippen LogP contribution in [0.15, 0.2) is 36.4 Å². The number of hydrogen-bond donors (Lipinski definition) is 7. The van der Waals surface area contributed by atoms with Crippen molar-refractivity contribution in [2.24, 2.45) is 0 Å². The molecular formula is C15H18O9P2. The number of aromatic hydroxyl groups is 2. The molecule has 0 aliphatic heterocycles. The Morgan fingerprint density at radius 2 is 1.50 bits per heavy atom. The van der Waals surface area contributed by atoms with Crippen LogP contribution in [0, 0.1) is 0 Å². The number of phenols is 2. The lowest BCUT2D eigenvalue weighted by atomic mass is 10.0. The van der Waals surface area contributed by atoms with E-state index in [1.54, 1.807) is 0 Å². The van der Waals surface area contributed by atoms with Crippen LogP contribution in [0.25, 0.3) is 0 Å². The molecule has 11 heteroatoms. The van der Waals surface area contributed by atoms with Gasteiger partial charge in [0.2, 0.25) is 0 Å². The SMILES string of the molecule is O=P(O)(O)c1ccc(O)c(C(O)CCc2ccc(P(=O)(O)O)c(O)c2)c1. The highest BCUT2D eigenvalue weighted by molar-refractivity contribution is 7.60. The number of phenolic OH excluding ortho intramolecular Hbond substituents is 2. The quantitative estimate of drug-likeness (QED) is 0.335. The summed E-state index contributed by atoms with van der Waals surface area (Å²) >= 11 is 0. The molecule has 1 unspecified atom stereocenters. The molecule has 0 aliphatic carbocycles. The van der Waals surface area contributed by atoms with Crippen LogP contribution in [0.5, 0.6) is 11.5 Å². The van der Waals surface area contributed by atoms with Crippen molar-refractivity contribution >= 4 is 25.8 Å². The number of aliphatic hydroxyl groups excluding tert-OH is 1. The van der Waals surface area contributed by atoms with Gasteiger partial charge in [0.1, 0.15) is 16.8 Å². The predicted molar refractivity (Wildman–Crippen MR) is 92.9 cm³/mol. The van der Waals surface area contributed by atoms with Gasteiger partial charge in [-0.2, -0.15) is 0 Å². The largest absolute Gasteiger partial charge is 0.508 e. The molecule has 0 spiro atoms.